The first-order chi connectivity index (χ1) is 10.0. The average molecular weight is 300 g/mol. The molecule has 0 aromatic rings. The molecule has 0 spiro atoms. The summed E-state index contributed by atoms with van der Waals surface area (Å²) in [6.07, 6.45) is 3.70. The minimum Gasteiger partial charge on any atom is -0.395 e. The molecule has 126 valence electrons. The average Bonchev–Trinajstić information content (AvgIpc) is 2.69. The first-order valence-corrected chi connectivity index (χ1v) is 8.84. The van der Waals surface area contributed by atoms with E-state index < -0.39 is 0 Å². The minimum absolute atomic E-state index is 0.284. The zero-order valence-electron chi connectivity index (χ0n) is 14.7. The Morgan fingerprint density at radius 3 is 2.24 bits per heavy atom. The molecule has 0 bridgehead atoms. The van der Waals surface area contributed by atoms with Gasteiger partial charge in [-0.2, -0.15) is 0 Å². The maximum Gasteiger partial charge on any atom is 0.0558 e. The van der Waals surface area contributed by atoms with Gasteiger partial charge in [0.25, 0.3) is 0 Å². The van der Waals surface area contributed by atoms with Gasteiger partial charge in [-0.25, -0.2) is 0 Å². The zero-order valence-corrected chi connectivity index (χ0v) is 14.7. The molecule has 0 aliphatic carbocycles. The summed E-state index contributed by atoms with van der Waals surface area (Å²) in [6, 6.07) is 0.562. The van der Waals surface area contributed by atoms with Crippen molar-refractivity contribution in [2.75, 3.05) is 52.4 Å². The number of rotatable bonds is 9. The molecule has 4 heteroatoms. The molecule has 1 saturated heterocycles. The smallest absolute Gasteiger partial charge is 0.0558 e. The second-order valence-corrected chi connectivity index (χ2v) is 6.94. The lowest BCUT2D eigenvalue weighted by Crippen LogP contribution is -2.46. The Hall–Kier alpha value is -0.160. The third-order valence-electron chi connectivity index (χ3n) is 5.04. The molecular formula is C17H37N3O. The SMILES string of the molecule is CCC(CC)(CNC(C)C)CN1CCCN(CCO)CC1. The summed E-state index contributed by atoms with van der Waals surface area (Å²) in [5, 5.41) is 12.7. The predicted molar refractivity (Wildman–Crippen MR) is 90.7 cm³/mol. The van der Waals surface area contributed by atoms with Crippen LogP contribution in [0.4, 0.5) is 0 Å². The predicted octanol–water partition coefficient (Wildman–Crippen LogP) is 1.79. The van der Waals surface area contributed by atoms with E-state index in [0.717, 1.165) is 32.7 Å². The van der Waals surface area contributed by atoms with E-state index in [0.29, 0.717) is 11.5 Å². The molecule has 0 aromatic heterocycles. The van der Waals surface area contributed by atoms with Gasteiger partial charge >= 0.3 is 0 Å². The highest BCUT2D eigenvalue weighted by Crippen LogP contribution is 2.27. The topological polar surface area (TPSA) is 38.7 Å². The molecular weight excluding hydrogens is 262 g/mol. The molecule has 4 nitrogen and oxygen atoms in total. The van der Waals surface area contributed by atoms with Gasteiger partial charge in [0.1, 0.15) is 0 Å². The summed E-state index contributed by atoms with van der Waals surface area (Å²) in [7, 11) is 0. The van der Waals surface area contributed by atoms with Crippen molar-refractivity contribution in [1.29, 1.82) is 0 Å². The van der Waals surface area contributed by atoms with Gasteiger partial charge in [-0.15, -0.1) is 0 Å². The van der Waals surface area contributed by atoms with Crippen molar-refractivity contribution in [1.82, 2.24) is 15.1 Å². The fraction of sp³-hybridized carbons (Fsp3) is 1.00. The first-order valence-electron chi connectivity index (χ1n) is 8.84. The Morgan fingerprint density at radius 1 is 1.05 bits per heavy atom. The van der Waals surface area contributed by atoms with E-state index in [1.54, 1.807) is 0 Å². The number of β-amino-alcohol motifs (C(OH)–C–C–N with tert-alkyl or cyclic N) is 1. The number of aliphatic hydroxyl groups excluding tert-OH is 1. The molecule has 1 aliphatic rings. The van der Waals surface area contributed by atoms with Crippen LogP contribution in [0.3, 0.4) is 0 Å². The first kappa shape index (κ1) is 18.9. The summed E-state index contributed by atoms with van der Waals surface area (Å²) in [5.41, 5.74) is 0.399. The molecule has 1 heterocycles. The standard InChI is InChI=1S/C17H37N3O/c1-5-17(6-2,14-18-16(3)4)15-20-9-7-8-19(10-11-20)12-13-21/h16,18,21H,5-15H2,1-4H3. The molecule has 0 radical (unpaired) electrons. The van der Waals surface area contributed by atoms with Crippen LogP contribution >= 0.6 is 0 Å². The van der Waals surface area contributed by atoms with Gasteiger partial charge in [0.05, 0.1) is 6.61 Å². The molecule has 21 heavy (non-hydrogen) atoms. The molecule has 1 aliphatic heterocycles. The third kappa shape index (κ3) is 6.64. The van der Waals surface area contributed by atoms with E-state index in [2.05, 4.69) is 42.8 Å². The highest BCUT2D eigenvalue weighted by Gasteiger charge is 2.29. The van der Waals surface area contributed by atoms with E-state index in [1.807, 2.05) is 0 Å². The van der Waals surface area contributed by atoms with Crippen molar-refractivity contribution in [3.05, 3.63) is 0 Å². The summed E-state index contributed by atoms with van der Waals surface area (Å²) >= 11 is 0. The summed E-state index contributed by atoms with van der Waals surface area (Å²) in [6.45, 7) is 17.1. The van der Waals surface area contributed by atoms with Gasteiger partial charge < -0.3 is 15.3 Å². The fourth-order valence-electron chi connectivity index (χ4n) is 3.22. The van der Waals surface area contributed by atoms with Crippen LogP contribution in [-0.2, 0) is 0 Å². The summed E-state index contributed by atoms with van der Waals surface area (Å²) in [4.78, 5) is 5.04. The van der Waals surface area contributed by atoms with E-state index in [-0.39, 0.29) is 6.61 Å². The van der Waals surface area contributed by atoms with Gasteiger partial charge in [-0.3, -0.25) is 4.90 Å². The lowest BCUT2D eigenvalue weighted by molar-refractivity contribution is 0.132. The largest absolute Gasteiger partial charge is 0.395 e. The van der Waals surface area contributed by atoms with E-state index in [4.69, 9.17) is 5.11 Å². The van der Waals surface area contributed by atoms with Crippen molar-refractivity contribution in [3.63, 3.8) is 0 Å². The van der Waals surface area contributed by atoms with Gasteiger partial charge in [0.2, 0.25) is 0 Å². The number of hydrogen-bond donors (Lipinski definition) is 2. The van der Waals surface area contributed by atoms with Crippen LogP contribution in [0.2, 0.25) is 0 Å². The van der Waals surface area contributed by atoms with Crippen molar-refractivity contribution in [3.8, 4) is 0 Å². The maximum absolute atomic E-state index is 9.10. The summed E-state index contributed by atoms with van der Waals surface area (Å²) < 4.78 is 0. The maximum atomic E-state index is 9.10. The number of nitrogens with one attached hydrogen (secondary N) is 1. The zero-order chi connectivity index (χ0) is 15.7. The van der Waals surface area contributed by atoms with Crippen LogP contribution in [0, 0.1) is 5.41 Å². The molecule has 0 aromatic carbocycles. The van der Waals surface area contributed by atoms with Crippen LogP contribution in [-0.4, -0.2) is 73.4 Å². The molecule has 1 fully saturated rings. The van der Waals surface area contributed by atoms with Crippen LogP contribution in [0.25, 0.3) is 0 Å². The quantitative estimate of drug-likeness (QED) is 0.681. The van der Waals surface area contributed by atoms with Crippen LogP contribution in [0.15, 0.2) is 0 Å². The van der Waals surface area contributed by atoms with Gasteiger partial charge in [0, 0.05) is 38.8 Å². The number of hydrogen-bond acceptors (Lipinski definition) is 4. The normalized spacial score (nSPS) is 19.1. The van der Waals surface area contributed by atoms with E-state index in [9.17, 15) is 0 Å². The molecule has 0 unspecified atom stereocenters. The summed E-state index contributed by atoms with van der Waals surface area (Å²) in [5.74, 6) is 0. The highest BCUT2D eigenvalue weighted by molar-refractivity contribution is 4.85. The second-order valence-electron chi connectivity index (χ2n) is 6.94. The lowest BCUT2D eigenvalue weighted by Gasteiger charge is -2.38. The van der Waals surface area contributed by atoms with E-state index in [1.165, 1.54) is 32.4 Å². The lowest BCUT2D eigenvalue weighted by atomic mass is 9.81. The Labute approximate surface area is 131 Å². The Bertz CT molecular complexity index is 267. The van der Waals surface area contributed by atoms with Crippen molar-refractivity contribution >= 4 is 0 Å². The van der Waals surface area contributed by atoms with Crippen LogP contribution < -0.4 is 5.32 Å². The van der Waals surface area contributed by atoms with Crippen LogP contribution in [0.5, 0.6) is 0 Å². The fourth-order valence-corrected chi connectivity index (χ4v) is 3.22. The monoisotopic (exact) mass is 299 g/mol. The van der Waals surface area contributed by atoms with Gasteiger partial charge in [-0.05, 0) is 37.8 Å². The molecule has 2 N–H and O–H groups in total. The Kier molecular flexibility index (Phi) is 8.79. The molecule has 0 saturated carbocycles. The van der Waals surface area contributed by atoms with Gasteiger partial charge in [-0.1, -0.05) is 27.7 Å². The van der Waals surface area contributed by atoms with Crippen molar-refractivity contribution in [2.24, 2.45) is 5.41 Å². The Balaban J connectivity index is 2.53. The van der Waals surface area contributed by atoms with Gasteiger partial charge in [0.15, 0.2) is 0 Å². The van der Waals surface area contributed by atoms with Crippen molar-refractivity contribution in [2.45, 2.75) is 53.0 Å². The minimum atomic E-state index is 0.284. The van der Waals surface area contributed by atoms with Crippen molar-refractivity contribution < 1.29 is 5.11 Å². The Morgan fingerprint density at radius 2 is 1.67 bits per heavy atom. The molecule has 0 atom stereocenters. The van der Waals surface area contributed by atoms with Crippen LogP contribution in [0.1, 0.15) is 47.0 Å². The van der Waals surface area contributed by atoms with E-state index >= 15 is 0 Å². The third-order valence-corrected chi connectivity index (χ3v) is 5.04. The molecule has 0 amide bonds. The highest BCUT2D eigenvalue weighted by atomic mass is 16.3. The number of aliphatic hydroxyl groups is 1. The second kappa shape index (κ2) is 9.78. The molecule has 1 rings (SSSR count). The number of nitrogens with zero attached hydrogens (tertiary/aromatic N) is 2.